The van der Waals surface area contributed by atoms with E-state index >= 15 is 0 Å². The Kier molecular flexibility index (Phi) is 4.08. The van der Waals surface area contributed by atoms with Gasteiger partial charge in [0, 0.05) is 19.3 Å². The van der Waals surface area contributed by atoms with Crippen LogP contribution in [0.1, 0.15) is 32.4 Å². The van der Waals surface area contributed by atoms with Crippen molar-refractivity contribution in [3.05, 3.63) is 23.9 Å². The average molecular weight is 266 g/mol. The van der Waals surface area contributed by atoms with Gasteiger partial charge in [0.05, 0.1) is 24.4 Å². The Balaban J connectivity index is 2.22. The standard InChI is InChI=1S/C14H22N2O3/c1-10(18)11-4-5-15-13(6-11)16-7-12(8-17)19-14(2,3)9-16/h4-6,10,12,17-18H,7-9H2,1-3H3/t10-,12?/m0/s1. The van der Waals surface area contributed by atoms with Crippen molar-refractivity contribution in [1.82, 2.24) is 4.98 Å². The highest BCUT2D eigenvalue weighted by Crippen LogP contribution is 2.26. The van der Waals surface area contributed by atoms with Crippen LogP contribution in [0, 0.1) is 0 Å². The quantitative estimate of drug-likeness (QED) is 0.858. The molecule has 1 saturated heterocycles. The first kappa shape index (κ1) is 14.2. The maximum atomic E-state index is 9.64. The minimum atomic E-state index is -0.510. The van der Waals surface area contributed by atoms with E-state index in [0.29, 0.717) is 13.1 Å². The van der Waals surface area contributed by atoms with Crippen LogP contribution in [0.5, 0.6) is 0 Å². The Morgan fingerprint density at radius 3 is 2.95 bits per heavy atom. The predicted octanol–water partition coefficient (Wildman–Crippen LogP) is 1.11. The number of ether oxygens (including phenoxy) is 1. The fourth-order valence-electron chi connectivity index (χ4n) is 2.43. The number of pyridine rings is 1. The summed E-state index contributed by atoms with van der Waals surface area (Å²) in [6.07, 6.45) is 0.985. The summed E-state index contributed by atoms with van der Waals surface area (Å²) >= 11 is 0. The number of rotatable bonds is 3. The second-order valence-electron chi connectivity index (χ2n) is 5.69. The maximum absolute atomic E-state index is 9.64. The van der Waals surface area contributed by atoms with Crippen molar-refractivity contribution >= 4 is 5.82 Å². The molecule has 1 fully saturated rings. The highest BCUT2D eigenvalue weighted by molar-refractivity contribution is 5.42. The first-order valence-electron chi connectivity index (χ1n) is 6.59. The van der Waals surface area contributed by atoms with E-state index in [9.17, 15) is 10.2 Å². The van der Waals surface area contributed by atoms with Gasteiger partial charge in [0.2, 0.25) is 0 Å². The summed E-state index contributed by atoms with van der Waals surface area (Å²) in [5.74, 6) is 0.813. The summed E-state index contributed by atoms with van der Waals surface area (Å²) in [5, 5.41) is 19.0. The zero-order chi connectivity index (χ0) is 14.0. The molecule has 1 aromatic heterocycles. The molecule has 1 aliphatic heterocycles. The van der Waals surface area contributed by atoms with Gasteiger partial charge in [-0.3, -0.25) is 0 Å². The minimum Gasteiger partial charge on any atom is -0.394 e. The summed E-state index contributed by atoms with van der Waals surface area (Å²) in [5.41, 5.74) is 0.517. The summed E-state index contributed by atoms with van der Waals surface area (Å²) in [7, 11) is 0. The topological polar surface area (TPSA) is 65.8 Å². The molecule has 106 valence electrons. The number of hydrogen-bond acceptors (Lipinski definition) is 5. The highest BCUT2D eigenvalue weighted by atomic mass is 16.5. The van der Waals surface area contributed by atoms with Gasteiger partial charge >= 0.3 is 0 Å². The molecule has 0 bridgehead atoms. The molecule has 0 radical (unpaired) electrons. The van der Waals surface area contributed by atoms with Gasteiger partial charge < -0.3 is 19.8 Å². The largest absolute Gasteiger partial charge is 0.394 e. The first-order valence-corrected chi connectivity index (χ1v) is 6.59. The molecule has 5 heteroatoms. The molecular weight excluding hydrogens is 244 g/mol. The number of hydrogen-bond donors (Lipinski definition) is 2. The molecule has 1 aromatic rings. The fraction of sp³-hybridized carbons (Fsp3) is 0.643. The van der Waals surface area contributed by atoms with E-state index in [4.69, 9.17) is 4.74 Å². The molecule has 0 amide bonds. The molecule has 2 N–H and O–H groups in total. The number of morpholine rings is 1. The van der Waals surface area contributed by atoms with Crippen molar-refractivity contribution < 1.29 is 14.9 Å². The van der Waals surface area contributed by atoms with Crippen LogP contribution >= 0.6 is 0 Å². The van der Waals surface area contributed by atoms with Crippen molar-refractivity contribution in [1.29, 1.82) is 0 Å². The Morgan fingerprint density at radius 1 is 1.58 bits per heavy atom. The van der Waals surface area contributed by atoms with Gasteiger partial charge in [-0.15, -0.1) is 0 Å². The van der Waals surface area contributed by atoms with Gasteiger partial charge in [-0.2, -0.15) is 0 Å². The van der Waals surface area contributed by atoms with E-state index < -0.39 is 6.10 Å². The second-order valence-corrected chi connectivity index (χ2v) is 5.69. The molecule has 1 unspecified atom stereocenters. The van der Waals surface area contributed by atoms with Gasteiger partial charge in [-0.1, -0.05) is 0 Å². The molecule has 5 nitrogen and oxygen atoms in total. The number of aliphatic hydroxyl groups excluding tert-OH is 2. The minimum absolute atomic E-state index is 0.00394. The third kappa shape index (κ3) is 3.43. The lowest BCUT2D eigenvalue weighted by molar-refractivity contribution is -0.101. The van der Waals surface area contributed by atoms with Crippen molar-refractivity contribution in [3.8, 4) is 0 Å². The highest BCUT2D eigenvalue weighted by Gasteiger charge is 2.33. The van der Waals surface area contributed by atoms with E-state index in [0.717, 1.165) is 11.4 Å². The van der Waals surface area contributed by atoms with E-state index in [1.54, 1.807) is 13.1 Å². The number of aromatic nitrogens is 1. The number of nitrogens with zero attached hydrogens (tertiary/aromatic N) is 2. The van der Waals surface area contributed by atoms with Crippen LogP contribution in [0.25, 0.3) is 0 Å². The van der Waals surface area contributed by atoms with Gasteiger partial charge in [0.25, 0.3) is 0 Å². The van der Waals surface area contributed by atoms with Crippen molar-refractivity contribution in [3.63, 3.8) is 0 Å². The lowest BCUT2D eigenvalue weighted by atomic mass is 10.0. The van der Waals surface area contributed by atoms with Gasteiger partial charge in [0.15, 0.2) is 0 Å². The molecule has 0 saturated carbocycles. The molecule has 2 rings (SSSR count). The fourth-order valence-corrected chi connectivity index (χ4v) is 2.43. The molecule has 1 aliphatic rings. The average Bonchev–Trinajstić information content (AvgIpc) is 2.37. The van der Waals surface area contributed by atoms with Crippen molar-refractivity contribution in [2.45, 2.75) is 38.6 Å². The molecule has 0 aromatic carbocycles. The lowest BCUT2D eigenvalue weighted by Gasteiger charge is -2.42. The number of aliphatic hydroxyl groups is 2. The van der Waals surface area contributed by atoms with Gasteiger partial charge in [0.1, 0.15) is 5.82 Å². The molecule has 2 atom stereocenters. The van der Waals surface area contributed by atoms with E-state index in [-0.39, 0.29) is 18.3 Å². The van der Waals surface area contributed by atoms with E-state index in [1.165, 1.54) is 0 Å². The maximum Gasteiger partial charge on any atom is 0.129 e. The Hall–Kier alpha value is -1.17. The Labute approximate surface area is 113 Å². The molecule has 19 heavy (non-hydrogen) atoms. The molecule has 0 aliphatic carbocycles. The lowest BCUT2D eigenvalue weighted by Crippen LogP contribution is -2.54. The Bertz CT molecular complexity index is 434. The first-order chi connectivity index (χ1) is 8.91. The Morgan fingerprint density at radius 2 is 2.32 bits per heavy atom. The van der Waals surface area contributed by atoms with Crippen LogP contribution in [0.2, 0.25) is 0 Å². The van der Waals surface area contributed by atoms with Crippen molar-refractivity contribution in [2.75, 3.05) is 24.6 Å². The van der Waals surface area contributed by atoms with Gasteiger partial charge in [-0.25, -0.2) is 4.98 Å². The third-order valence-corrected chi connectivity index (χ3v) is 3.26. The van der Waals surface area contributed by atoms with E-state index in [2.05, 4.69) is 9.88 Å². The smallest absolute Gasteiger partial charge is 0.129 e. The van der Waals surface area contributed by atoms with Gasteiger partial charge in [-0.05, 0) is 38.5 Å². The molecule has 0 spiro atoms. The summed E-state index contributed by atoms with van der Waals surface area (Å²) < 4.78 is 5.78. The van der Waals surface area contributed by atoms with Crippen LogP contribution < -0.4 is 4.90 Å². The monoisotopic (exact) mass is 266 g/mol. The van der Waals surface area contributed by atoms with Crippen LogP contribution in [-0.4, -0.2) is 46.6 Å². The van der Waals surface area contributed by atoms with Crippen LogP contribution in [-0.2, 0) is 4.74 Å². The zero-order valence-electron chi connectivity index (χ0n) is 11.7. The van der Waals surface area contributed by atoms with Crippen LogP contribution in [0.15, 0.2) is 18.3 Å². The van der Waals surface area contributed by atoms with Crippen LogP contribution in [0.3, 0.4) is 0 Å². The van der Waals surface area contributed by atoms with E-state index in [1.807, 2.05) is 26.0 Å². The SMILES string of the molecule is C[C@H](O)c1ccnc(N2CC(CO)OC(C)(C)C2)c1. The second kappa shape index (κ2) is 5.45. The summed E-state index contributed by atoms with van der Waals surface area (Å²) in [6, 6.07) is 3.70. The third-order valence-electron chi connectivity index (χ3n) is 3.26. The summed E-state index contributed by atoms with van der Waals surface area (Å²) in [4.78, 5) is 6.45. The number of anilines is 1. The van der Waals surface area contributed by atoms with Crippen molar-refractivity contribution in [2.24, 2.45) is 0 Å². The summed E-state index contributed by atoms with van der Waals surface area (Å²) in [6.45, 7) is 7.05. The molecular formula is C14H22N2O3. The molecule has 2 heterocycles. The normalized spacial score (nSPS) is 24.3. The van der Waals surface area contributed by atoms with Crippen LogP contribution in [0.4, 0.5) is 5.82 Å². The zero-order valence-corrected chi connectivity index (χ0v) is 11.7. The predicted molar refractivity (Wildman–Crippen MR) is 73.1 cm³/mol.